The lowest BCUT2D eigenvalue weighted by molar-refractivity contribution is 0.0688. The molecular weight excluding hydrogens is 252 g/mol. The molecule has 1 atom stereocenters. The van der Waals surface area contributed by atoms with Crippen LogP contribution in [0.4, 0.5) is 8.78 Å². The van der Waals surface area contributed by atoms with Gasteiger partial charge in [-0.05, 0) is 31.5 Å². The molecule has 1 saturated heterocycles. The van der Waals surface area contributed by atoms with Crippen LogP contribution in [0.15, 0.2) is 18.3 Å². The number of nitrogens with zero attached hydrogens (tertiary/aromatic N) is 2. The van der Waals surface area contributed by atoms with Crippen molar-refractivity contribution in [1.29, 1.82) is 0 Å². The lowest BCUT2D eigenvalue weighted by Gasteiger charge is -2.31. The smallest absolute Gasteiger partial charge is 0.270 e. The van der Waals surface area contributed by atoms with Gasteiger partial charge in [-0.15, -0.1) is 0 Å². The first-order valence-corrected chi connectivity index (χ1v) is 6.50. The minimum atomic E-state index is -2.46. The molecule has 2 rings (SSSR count). The van der Waals surface area contributed by atoms with Crippen LogP contribution < -0.4 is 5.32 Å². The Bertz CT molecular complexity index is 427. The van der Waals surface area contributed by atoms with Crippen LogP contribution in [0.1, 0.15) is 23.3 Å². The molecule has 106 valence electrons. The zero-order valence-corrected chi connectivity index (χ0v) is 11.0. The van der Waals surface area contributed by atoms with Crippen LogP contribution in [-0.2, 0) is 6.54 Å². The van der Waals surface area contributed by atoms with Gasteiger partial charge in [-0.3, -0.25) is 4.79 Å². The molecule has 4 nitrogen and oxygen atoms in total. The molecule has 6 heteroatoms. The van der Waals surface area contributed by atoms with E-state index in [1.54, 1.807) is 24.1 Å². The molecule has 0 aromatic carbocycles. The zero-order valence-electron chi connectivity index (χ0n) is 11.0. The van der Waals surface area contributed by atoms with Crippen molar-refractivity contribution in [2.75, 3.05) is 20.1 Å². The predicted molar refractivity (Wildman–Crippen MR) is 68.4 cm³/mol. The molecule has 0 saturated carbocycles. The molecule has 1 aliphatic rings. The van der Waals surface area contributed by atoms with Crippen molar-refractivity contribution in [3.05, 3.63) is 24.0 Å². The van der Waals surface area contributed by atoms with E-state index in [1.165, 1.54) is 10.8 Å². The molecule has 0 aliphatic carbocycles. The topological polar surface area (TPSA) is 37.3 Å². The van der Waals surface area contributed by atoms with E-state index in [0.717, 1.165) is 25.9 Å². The fourth-order valence-electron chi connectivity index (χ4n) is 2.43. The second kappa shape index (κ2) is 6.14. The standard InChI is InChI=1S/C13H19F2N3O/c1-17(10-4-2-6-16-8-10)13(19)11-5-3-7-18(11)9-12(14)15/h3,5,7,10,12,16H,2,4,6,8-9H2,1H3. The van der Waals surface area contributed by atoms with Gasteiger partial charge in [0.2, 0.25) is 0 Å². The molecule has 19 heavy (non-hydrogen) atoms. The van der Waals surface area contributed by atoms with Crippen molar-refractivity contribution in [1.82, 2.24) is 14.8 Å². The molecule has 1 aromatic heterocycles. The third-order valence-electron chi connectivity index (χ3n) is 3.52. The molecule has 0 spiro atoms. The Morgan fingerprint density at radius 1 is 1.63 bits per heavy atom. The molecule has 1 amide bonds. The Hall–Kier alpha value is -1.43. The number of carbonyl (C=O) groups excluding carboxylic acids is 1. The van der Waals surface area contributed by atoms with Crippen LogP contribution >= 0.6 is 0 Å². The first kappa shape index (κ1) is 14.0. The lowest BCUT2D eigenvalue weighted by atomic mass is 10.1. The van der Waals surface area contributed by atoms with Crippen LogP contribution in [0.25, 0.3) is 0 Å². The Labute approximate surface area is 111 Å². The number of amides is 1. The maximum atomic E-state index is 12.4. The molecule has 1 unspecified atom stereocenters. The highest BCUT2D eigenvalue weighted by molar-refractivity contribution is 5.92. The summed E-state index contributed by atoms with van der Waals surface area (Å²) >= 11 is 0. The van der Waals surface area contributed by atoms with Gasteiger partial charge in [-0.1, -0.05) is 0 Å². The summed E-state index contributed by atoms with van der Waals surface area (Å²) in [5.74, 6) is -0.195. The predicted octanol–water partition coefficient (Wildman–Crippen LogP) is 1.58. The summed E-state index contributed by atoms with van der Waals surface area (Å²) in [6.07, 6.45) is 1.04. The van der Waals surface area contributed by atoms with Crippen molar-refractivity contribution < 1.29 is 13.6 Å². The van der Waals surface area contributed by atoms with Gasteiger partial charge >= 0.3 is 0 Å². The Balaban J connectivity index is 2.07. The van der Waals surface area contributed by atoms with Gasteiger partial charge in [-0.2, -0.15) is 0 Å². The molecule has 1 aliphatic heterocycles. The average Bonchev–Trinajstić information content (AvgIpc) is 2.85. The van der Waals surface area contributed by atoms with Gasteiger partial charge in [0.1, 0.15) is 5.69 Å². The highest BCUT2D eigenvalue weighted by atomic mass is 19.3. The van der Waals surface area contributed by atoms with Gasteiger partial charge in [-0.25, -0.2) is 8.78 Å². The number of aromatic nitrogens is 1. The first-order chi connectivity index (χ1) is 9.09. The normalized spacial score (nSPS) is 19.7. The fraction of sp³-hybridized carbons (Fsp3) is 0.615. The summed E-state index contributed by atoms with van der Waals surface area (Å²) in [7, 11) is 1.74. The second-order valence-electron chi connectivity index (χ2n) is 4.85. The van der Waals surface area contributed by atoms with Crippen LogP contribution in [0.2, 0.25) is 0 Å². The van der Waals surface area contributed by atoms with E-state index in [4.69, 9.17) is 0 Å². The van der Waals surface area contributed by atoms with E-state index in [2.05, 4.69) is 5.32 Å². The largest absolute Gasteiger partial charge is 0.338 e. The molecule has 0 radical (unpaired) electrons. The van der Waals surface area contributed by atoms with Crippen LogP contribution in [0.5, 0.6) is 0 Å². The number of hydrogen-bond donors (Lipinski definition) is 1. The molecular formula is C13H19F2N3O. The summed E-state index contributed by atoms with van der Waals surface area (Å²) in [6.45, 7) is 1.29. The molecule has 1 aromatic rings. The number of piperidine rings is 1. The Morgan fingerprint density at radius 3 is 3.05 bits per heavy atom. The van der Waals surface area contributed by atoms with E-state index >= 15 is 0 Å². The third kappa shape index (κ3) is 3.32. The zero-order chi connectivity index (χ0) is 13.8. The van der Waals surface area contributed by atoms with Crippen molar-refractivity contribution >= 4 is 5.91 Å². The van der Waals surface area contributed by atoms with Gasteiger partial charge < -0.3 is 14.8 Å². The van der Waals surface area contributed by atoms with Crippen LogP contribution in [-0.4, -0.2) is 48.0 Å². The molecule has 1 N–H and O–H groups in total. The monoisotopic (exact) mass is 271 g/mol. The van der Waals surface area contributed by atoms with Gasteiger partial charge in [0.05, 0.1) is 6.54 Å². The average molecular weight is 271 g/mol. The van der Waals surface area contributed by atoms with E-state index in [9.17, 15) is 13.6 Å². The van der Waals surface area contributed by atoms with Crippen LogP contribution in [0.3, 0.4) is 0 Å². The number of nitrogens with one attached hydrogen (secondary N) is 1. The third-order valence-corrected chi connectivity index (χ3v) is 3.52. The van der Waals surface area contributed by atoms with E-state index in [1.807, 2.05) is 0 Å². The number of carbonyl (C=O) groups is 1. The fourth-order valence-corrected chi connectivity index (χ4v) is 2.43. The minimum Gasteiger partial charge on any atom is -0.338 e. The molecule has 2 heterocycles. The number of likely N-dealkylation sites (N-methyl/N-ethyl adjacent to an activating group) is 1. The lowest BCUT2D eigenvalue weighted by Crippen LogP contribution is -2.47. The van der Waals surface area contributed by atoms with Gasteiger partial charge in [0.15, 0.2) is 0 Å². The second-order valence-corrected chi connectivity index (χ2v) is 4.85. The minimum absolute atomic E-state index is 0.135. The van der Waals surface area contributed by atoms with Crippen molar-refractivity contribution in [2.24, 2.45) is 0 Å². The SMILES string of the molecule is CN(C(=O)c1cccn1CC(F)F)C1CCCNC1. The number of halogens is 2. The van der Waals surface area contributed by atoms with Gasteiger partial charge in [0, 0.05) is 25.8 Å². The maximum absolute atomic E-state index is 12.4. The number of rotatable bonds is 4. The summed E-state index contributed by atoms with van der Waals surface area (Å²) in [5, 5.41) is 3.24. The summed E-state index contributed by atoms with van der Waals surface area (Å²) in [5.41, 5.74) is 0.327. The van der Waals surface area contributed by atoms with E-state index < -0.39 is 13.0 Å². The van der Waals surface area contributed by atoms with Crippen molar-refractivity contribution in [2.45, 2.75) is 31.9 Å². The van der Waals surface area contributed by atoms with Crippen LogP contribution in [0, 0.1) is 0 Å². The summed E-state index contributed by atoms with van der Waals surface area (Å²) in [6, 6.07) is 3.36. The Morgan fingerprint density at radius 2 is 2.42 bits per heavy atom. The van der Waals surface area contributed by atoms with E-state index in [-0.39, 0.29) is 11.9 Å². The summed E-state index contributed by atoms with van der Waals surface area (Å²) in [4.78, 5) is 14.0. The molecule has 1 fully saturated rings. The quantitative estimate of drug-likeness (QED) is 0.902. The van der Waals surface area contributed by atoms with E-state index in [0.29, 0.717) is 5.69 Å². The summed E-state index contributed by atoms with van der Waals surface area (Å²) < 4.78 is 26.2. The van der Waals surface area contributed by atoms with Crippen molar-refractivity contribution in [3.8, 4) is 0 Å². The van der Waals surface area contributed by atoms with Gasteiger partial charge in [0.25, 0.3) is 12.3 Å². The van der Waals surface area contributed by atoms with Crippen molar-refractivity contribution in [3.63, 3.8) is 0 Å². The highest BCUT2D eigenvalue weighted by Gasteiger charge is 2.24. The number of hydrogen-bond acceptors (Lipinski definition) is 2. The number of alkyl halides is 2. The maximum Gasteiger partial charge on any atom is 0.270 e. The molecule has 0 bridgehead atoms. The first-order valence-electron chi connectivity index (χ1n) is 6.50. The Kier molecular flexibility index (Phi) is 4.52. The highest BCUT2D eigenvalue weighted by Crippen LogP contribution is 2.14.